The number of carbonyl (C=O) groups excluding carboxylic acids is 1. The topological polar surface area (TPSA) is 40.5 Å². The number of aliphatic hydroxyl groups excluding tert-OH is 1. The van der Waals surface area contributed by atoms with E-state index in [0.717, 1.165) is 32.2 Å². The molecule has 2 heterocycles. The van der Waals surface area contributed by atoms with Crippen molar-refractivity contribution in [1.29, 1.82) is 0 Å². The summed E-state index contributed by atoms with van der Waals surface area (Å²) in [5, 5.41) is 8.88. The monoisotopic (exact) mass is 231 g/mol. The van der Waals surface area contributed by atoms with Crippen molar-refractivity contribution < 1.29 is 9.90 Å². The molecule has 1 aromatic carbocycles. The van der Waals surface area contributed by atoms with Crippen LogP contribution in [0.3, 0.4) is 0 Å². The third-order valence-electron chi connectivity index (χ3n) is 3.69. The summed E-state index contributed by atoms with van der Waals surface area (Å²) < 4.78 is 0. The van der Waals surface area contributed by atoms with E-state index in [1.165, 1.54) is 22.4 Å². The average Bonchev–Trinajstić information content (AvgIpc) is 2.66. The molecular weight excluding hydrogens is 214 g/mol. The minimum atomic E-state index is 0.234. The molecule has 1 aromatic rings. The first-order valence-corrected chi connectivity index (χ1v) is 6.35. The zero-order valence-corrected chi connectivity index (χ0v) is 9.91. The molecule has 0 saturated heterocycles. The third kappa shape index (κ3) is 1.75. The van der Waals surface area contributed by atoms with Gasteiger partial charge in [-0.2, -0.15) is 0 Å². The molecule has 0 atom stereocenters. The lowest BCUT2D eigenvalue weighted by Crippen LogP contribution is -2.31. The molecule has 1 amide bonds. The normalized spacial score (nSPS) is 17.5. The Kier molecular flexibility index (Phi) is 2.63. The average molecular weight is 231 g/mol. The number of aryl methyl sites for hydroxylation is 2. The predicted molar refractivity (Wildman–Crippen MR) is 66.2 cm³/mol. The fourth-order valence-corrected chi connectivity index (χ4v) is 2.98. The summed E-state index contributed by atoms with van der Waals surface area (Å²) in [6.45, 7) is 1.12. The number of hydrogen-bond donors (Lipinski definition) is 1. The van der Waals surface area contributed by atoms with Crippen LogP contribution >= 0.6 is 0 Å². The van der Waals surface area contributed by atoms with Crippen molar-refractivity contribution in [2.45, 2.75) is 32.1 Å². The standard InChI is InChI=1S/C14H17NO2/c16-6-2-3-10-7-11-4-1-5-15-13(17)9-12(8-10)14(11)15/h7-8,16H,1-6,9H2. The van der Waals surface area contributed by atoms with Crippen LogP contribution in [0, 0.1) is 0 Å². The number of hydrogen-bond acceptors (Lipinski definition) is 2. The van der Waals surface area contributed by atoms with E-state index in [2.05, 4.69) is 12.1 Å². The Morgan fingerprint density at radius 3 is 2.94 bits per heavy atom. The smallest absolute Gasteiger partial charge is 0.231 e. The van der Waals surface area contributed by atoms with Gasteiger partial charge in [0.05, 0.1) is 12.1 Å². The van der Waals surface area contributed by atoms with Crippen molar-refractivity contribution in [1.82, 2.24) is 0 Å². The molecule has 2 aliphatic rings. The molecular formula is C14H17NO2. The van der Waals surface area contributed by atoms with Gasteiger partial charge >= 0.3 is 0 Å². The highest BCUT2D eigenvalue weighted by Gasteiger charge is 2.32. The van der Waals surface area contributed by atoms with Gasteiger partial charge in [0.1, 0.15) is 0 Å². The second-order valence-corrected chi connectivity index (χ2v) is 4.92. The van der Waals surface area contributed by atoms with Gasteiger partial charge in [-0.25, -0.2) is 0 Å². The van der Waals surface area contributed by atoms with E-state index >= 15 is 0 Å². The zero-order chi connectivity index (χ0) is 11.8. The number of nitrogens with zero attached hydrogens (tertiary/aromatic N) is 1. The van der Waals surface area contributed by atoms with Crippen LogP contribution in [-0.2, 0) is 24.1 Å². The van der Waals surface area contributed by atoms with Gasteiger partial charge in [-0.05, 0) is 42.4 Å². The van der Waals surface area contributed by atoms with Crippen molar-refractivity contribution >= 4 is 11.6 Å². The Balaban J connectivity index is 1.99. The molecule has 0 radical (unpaired) electrons. The Hall–Kier alpha value is -1.35. The van der Waals surface area contributed by atoms with E-state index in [0.29, 0.717) is 6.42 Å². The number of anilines is 1. The summed E-state index contributed by atoms with van der Waals surface area (Å²) >= 11 is 0. The van der Waals surface area contributed by atoms with Crippen LogP contribution in [-0.4, -0.2) is 24.2 Å². The Morgan fingerprint density at radius 2 is 2.12 bits per heavy atom. The van der Waals surface area contributed by atoms with Gasteiger partial charge in [0, 0.05) is 13.2 Å². The lowest BCUT2D eigenvalue weighted by Gasteiger charge is -2.26. The van der Waals surface area contributed by atoms with Gasteiger partial charge in [0.2, 0.25) is 5.91 Å². The first kappa shape index (κ1) is 10.8. The molecule has 3 nitrogen and oxygen atoms in total. The molecule has 0 fully saturated rings. The van der Waals surface area contributed by atoms with Crippen LogP contribution in [0.4, 0.5) is 5.69 Å². The second kappa shape index (κ2) is 4.15. The van der Waals surface area contributed by atoms with Crippen LogP contribution in [0.25, 0.3) is 0 Å². The van der Waals surface area contributed by atoms with Crippen molar-refractivity contribution in [3.05, 3.63) is 28.8 Å². The van der Waals surface area contributed by atoms with E-state index in [1.54, 1.807) is 0 Å². The van der Waals surface area contributed by atoms with E-state index in [4.69, 9.17) is 5.11 Å². The van der Waals surface area contributed by atoms with Crippen LogP contribution < -0.4 is 4.90 Å². The van der Waals surface area contributed by atoms with Gasteiger partial charge < -0.3 is 10.0 Å². The molecule has 0 spiro atoms. The first-order valence-electron chi connectivity index (χ1n) is 6.35. The van der Waals surface area contributed by atoms with Gasteiger partial charge in [0.25, 0.3) is 0 Å². The molecule has 0 aromatic heterocycles. The third-order valence-corrected chi connectivity index (χ3v) is 3.69. The van der Waals surface area contributed by atoms with E-state index in [-0.39, 0.29) is 12.5 Å². The number of rotatable bonds is 3. The van der Waals surface area contributed by atoms with Gasteiger partial charge in [-0.15, -0.1) is 0 Å². The Bertz CT molecular complexity index is 468. The molecule has 0 bridgehead atoms. The highest BCUT2D eigenvalue weighted by molar-refractivity contribution is 6.02. The summed E-state index contributed by atoms with van der Waals surface area (Å²) in [4.78, 5) is 13.8. The molecule has 3 heteroatoms. The van der Waals surface area contributed by atoms with Crippen LogP contribution in [0.1, 0.15) is 29.5 Å². The molecule has 1 N–H and O–H groups in total. The largest absolute Gasteiger partial charge is 0.396 e. The van der Waals surface area contributed by atoms with Crippen molar-refractivity contribution in [2.75, 3.05) is 18.1 Å². The summed E-state index contributed by atoms with van der Waals surface area (Å²) in [7, 11) is 0. The molecule has 2 aliphatic heterocycles. The molecule has 0 saturated carbocycles. The van der Waals surface area contributed by atoms with Gasteiger partial charge in [-0.1, -0.05) is 12.1 Å². The van der Waals surface area contributed by atoms with E-state index in [9.17, 15) is 4.79 Å². The van der Waals surface area contributed by atoms with Crippen molar-refractivity contribution in [3.8, 4) is 0 Å². The van der Waals surface area contributed by atoms with Gasteiger partial charge in [0.15, 0.2) is 0 Å². The van der Waals surface area contributed by atoms with Crippen molar-refractivity contribution in [2.24, 2.45) is 0 Å². The van der Waals surface area contributed by atoms with Crippen LogP contribution in [0.5, 0.6) is 0 Å². The maximum absolute atomic E-state index is 11.9. The molecule has 3 rings (SSSR count). The summed E-state index contributed by atoms with van der Waals surface area (Å²) in [5.74, 6) is 0.250. The second-order valence-electron chi connectivity index (χ2n) is 4.92. The minimum absolute atomic E-state index is 0.234. The molecule has 90 valence electrons. The summed E-state index contributed by atoms with van der Waals surface area (Å²) in [5.41, 5.74) is 4.98. The Labute approximate surface area is 101 Å². The maximum atomic E-state index is 11.9. The number of carbonyl (C=O) groups is 1. The zero-order valence-electron chi connectivity index (χ0n) is 9.91. The van der Waals surface area contributed by atoms with E-state index < -0.39 is 0 Å². The lowest BCUT2D eigenvalue weighted by molar-refractivity contribution is -0.117. The molecule has 0 aliphatic carbocycles. The fraction of sp³-hybridized carbons (Fsp3) is 0.500. The van der Waals surface area contributed by atoms with Gasteiger partial charge in [-0.3, -0.25) is 4.79 Å². The summed E-state index contributed by atoms with van der Waals surface area (Å²) in [6.07, 6.45) is 4.43. The number of benzene rings is 1. The summed E-state index contributed by atoms with van der Waals surface area (Å²) in [6, 6.07) is 4.37. The highest BCUT2D eigenvalue weighted by Crippen LogP contribution is 2.37. The molecule has 0 unspecified atom stereocenters. The predicted octanol–water partition coefficient (Wildman–Crippen LogP) is 1.45. The van der Waals surface area contributed by atoms with E-state index in [1.807, 2.05) is 4.90 Å². The number of amides is 1. The van der Waals surface area contributed by atoms with Crippen LogP contribution in [0.15, 0.2) is 12.1 Å². The van der Waals surface area contributed by atoms with Crippen LogP contribution in [0.2, 0.25) is 0 Å². The Morgan fingerprint density at radius 1 is 1.29 bits per heavy atom. The molecule has 17 heavy (non-hydrogen) atoms. The minimum Gasteiger partial charge on any atom is -0.396 e. The SMILES string of the molecule is O=C1Cc2cc(CCCO)cc3c2N1CCC3. The van der Waals surface area contributed by atoms with Crippen molar-refractivity contribution in [3.63, 3.8) is 0 Å². The highest BCUT2D eigenvalue weighted by atomic mass is 16.2. The number of aliphatic hydroxyl groups is 1. The maximum Gasteiger partial charge on any atom is 0.231 e. The first-order chi connectivity index (χ1) is 8.29. The lowest BCUT2D eigenvalue weighted by atomic mass is 9.95. The quantitative estimate of drug-likeness (QED) is 0.855. The fourth-order valence-electron chi connectivity index (χ4n) is 2.98.